The molecule has 94 valence electrons. The van der Waals surface area contributed by atoms with Gasteiger partial charge in [-0.25, -0.2) is 4.79 Å². The van der Waals surface area contributed by atoms with Crippen molar-refractivity contribution in [3.8, 4) is 5.75 Å². The van der Waals surface area contributed by atoms with E-state index in [9.17, 15) is 4.79 Å². The fourth-order valence-corrected chi connectivity index (χ4v) is 3.00. The molecule has 18 heavy (non-hydrogen) atoms. The number of halogens is 2. The lowest BCUT2D eigenvalue weighted by atomic mass is 10.2. The largest absolute Gasteiger partial charge is 0.486 e. The molecule has 0 aliphatic rings. The Morgan fingerprint density at radius 3 is 2.83 bits per heavy atom. The van der Waals surface area contributed by atoms with E-state index in [1.807, 2.05) is 11.4 Å². The van der Waals surface area contributed by atoms with Crippen molar-refractivity contribution in [3.63, 3.8) is 0 Å². The summed E-state index contributed by atoms with van der Waals surface area (Å²) in [6.07, 6.45) is 0. The molecule has 0 unspecified atom stereocenters. The summed E-state index contributed by atoms with van der Waals surface area (Å²) in [6, 6.07) is 6.56. The first-order valence-corrected chi connectivity index (χ1v) is 7.01. The lowest BCUT2D eigenvalue weighted by Gasteiger charge is -2.10. The highest BCUT2D eigenvalue weighted by molar-refractivity contribution is 9.10. The summed E-state index contributed by atoms with van der Waals surface area (Å²) in [5.74, 6) is -0.857. The molecule has 3 nitrogen and oxygen atoms in total. The van der Waals surface area contributed by atoms with Gasteiger partial charge in [0.2, 0.25) is 0 Å². The number of carboxylic acid groups (broad SMARTS) is 1. The highest BCUT2D eigenvalue weighted by Gasteiger charge is 2.15. The van der Waals surface area contributed by atoms with Crippen LogP contribution in [-0.4, -0.2) is 11.1 Å². The number of benzene rings is 1. The van der Waals surface area contributed by atoms with E-state index in [2.05, 4.69) is 15.9 Å². The van der Waals surface area contributed by atoms with Gasteiger partial charge in [0.05, 0.1) is 9.90 Å². The van der Waals surface area contributed by atoms with Gasteiger partial charge < -0.3 is 9.84 Å². The van der Waals surface area contributed by atoms with Gasteiger partial charge >= 0.3 is 5.97 Å². The molecule has 0 spiro atoms. The zero-order valence-electron chi connectivity index (χ0n) is 9.02. The number of hydrogen-bond donors (Lipinski definition) is 1. The number of hydrogen-bond acceptors (Lipinski definition) is 3. The highest BCUT2D eigenvalue weighted by atomic mass is 79.9. The first-order valence-electron chi connectivity index (χ1n) is 4.96. The number of aromatic carboxylic acids is 1. The van der Waals surface area contributed by atoms with Gasteiger partial charge in [0.1, 0.15) is 12.2 Å². The molecule has 1 heterocycles. The lowest BCUT2D eigenvalue weighted by Crippen LogP contribution is -2.03. The van der Waals surface area contributed by atoms with E-state index < -0.39 is 5.97 Å². The van der Waals surface area contributed by atoms with Crippen LogP contribution in [-0.2, 0) is 6.61 Å². The van der Waals surface area contributed by atoms with Crippen molar-refractivity contribution < 1.29 is 14.6 Å². The van der Waals surface area contributed by atoms with Crippen molar-refractivity contribution >= 4 is 44.8 Å². The second-order valence-corrected chi connectivity index (χ2v) is 5.66. The monoisotopic (exact) mass is 346 g/mol. The van der Waals surface area contributed by atoms with Crippen molar-refractivity contribution in [2.75, 3.05) is 0 Å². The molecule has 0 atom stereocenters. The molecule has 0 bridgehead atoms. The normalized spacial score (nSPS) is 10.3. The van der Waals surface area contributed by atoms with E-state index >= 15 is 0 Å². The molecule has 0 saturated carbocycles. The van der Waals surface area contributed by atoms with E-state index in [0.29, 0.717) is 5.02 Å². The minimum atomic E-state index is -1.06. The molecule has 0 aliphatic heterocycles. The van der Waals surface area contributed by atoms with Gasteiger partial charge in [-0.1, -0.05) is 17.7 Å². The molecule has 2 aromatic rings. The highest BCUT2D eigenvalue weighted by Crippen LogP contribution is 2.31. The minimum Gasteiger partial charge on any atom is -0.486 e. The summed E-state index contributed by atoms with van der Waals surface area (Å²) in [4.78, 5) is 12.0. The minimum absolute atomic E-state index is 0.0650. The Kier molecular flexibility index (Phi) is 4.27. The zero-order valence-corrected chi connectivity index (χ0v) is 12.2. The molecule has 1 aromatic carbocycles. The van der Waals surface area contributed by atoms with Crippen LogP contribution in [0.1, 0.15) is 15.2 Å². The number of ether oxygens (including phenoxy) is 1. The predicted octanol–water partition coefficient (Wildman–Crippen LogP) is 4.44. The van der Waals surface area contributed by atoms with E-state index in [-0.39, 0.29) is 17.9 Å². The van der Waals surface area contributed by atoms with Crippen molar-refractivity contribution in [1.82, 2.24) is 0 Å². The SMILES string of the molecule is O=C(O)c1cccc(Cl)c1OCc1sccc1Br. The van der Waals surface area contributed by atoms with E-state index in [0.717, 1.165) is 9.35 Å². The molecular formula is C12H8BrClO3S. The molecule has 0 amide bonds. The number of para-hydroxylation sites is 1. The Hall–Kier alpha value is -1.04. The number of carbonyl (C=O) groups is 1. The van der Waals surface area contributed by atoms with Crippen LogP contribution in [0.25, 0.3) is 0 Å². The molecule has 0 radical (unpaired) electrons. The van der Waals surface area contributed by atoms with Crippen LogP contribution in [0.3, 0.4) is 0 Å². The fraction of sp³-hybridized carbons (Fsp3) is 0.0833. The zero-order chi connectivity index (χ0) is 13.1. The van der Waals surface area contributed by atoms with Crippen molar-refractivity contribution in [2.24, 2.45) is 0 Å². The van der Waals surface area contributed by atoms with Crippen LogP contribution in [0, 0.1) is 0 Å². The Morgan fingerprint density at radius 2 is 2.22 bits per heavy atom. The third-order valence-corrected chi connectivity index (χ3v) is 4.43. The summed E-state index contributed by atoms with van der Waals surface area (Å²) in [5, 5.41) is 11.3. The van der Waals surface area contributed by atoms with Gasteiger partial charge in [0.15, 0.2) is 5.75 Å². The van der Waals surface area contributed by atoms with Gasteiger partial charge in [-0.15, -0.1) is 11.3 Å². The number of thiophene rings is 1. The number of carboxylic acids is 1. The van der Waals surface area contributed by atoms with Crippen LogP contribution in [0.5, 0.6) is 5.75 Å². The Bertz CT molecular complexity index is 582. The molecule has 2 rings (SSSR count). The van der Waals surface area contributed by atoms with Crippen molar-refractivity contribution in [1.29, 1.82) is 0 Å². The maximum atomic E-state index is 11.1. The smallest absolute Gasteiger partial charge is 0.339 e. The Morgan fingerprint density at radius 1 is 1.44 bits per heavy atom. The third kappa shape index (κ3) is 2.85. The fourth-order valence-electron chi connectivity index (χ4n) is 1.39. The molecule has 0 aliphatic carbocycles. The summed E-state index contributed by atoms with van der Waals surface area (Å²) < 4.78 is 6.46. The Labute approximate surface area is 121 Å². The van der Waals surface area contributed by atoms with E-state index in [4.69, 9.17) is 21.4 Å². The molecule has 1 N–H and O–H groups in total. The summed E-state index contributed by atoms with van der Waals surface area (Å²) in [7, 11) is 0. The standard InChI is InChI=1S/C12H8BrClO3S/c13-8-4-5-18-10(8)6-17-11-7(12(15)16)2-1-3-9(11)14/h1-5H,6H2,(H,15,16). The van der Waals surface area contributed by atoms with Gasteiger partial charge in [-0.05, 0) is 39.5 Å². The predicted molar refractivity (Wildman–Crippen MR) is 74.8 cm³/mol. The van der Waals surface area contributed by atoms with Crippen LogP contribution >= 0.6 is 38.9 Å². The van der Waals surface area contributed by atoms with Crippen LogP contribution < -0.4 is 4.74 Å². The second kappa shape index (κ2) is 5.73. The van der Waals surface area contributed by atoms with Gasteiger partial charge in [0, 0.05) is 4.47 Å². The third-order valence-electron chi connectivity index (χ3n) is 2.24. The van der Waals surface area contributed by atoms with Gasteiger partial charge in [-0.2, -0.15) is 0 Å². The summed E-state index contributed by atoms with van der Waals surface area (Å²) in [5.41, 5.74) is 0.0650. The van der Waals surface area contributed by atoms with Crippen LogP contribution in [0.2, 0.25) is 5.02 Å². The van der Waals surface area contributed by atoms with Crippen LogP contribution in [0.15, 0.2) is 34.1 Å². The average Bonchev–Trinajstić information content (AvgIpc) is 2.73. The maximum Gasteiger partial charge on any atom is 0.339 e. The van der Waals surface area contributed by atoms with E-state index in [1.54, 1.807) is 12.1 Å². The van der Waals surface area contributed by atoms with Gasteiger partial charge in [-0.3, -0.25) is 0 Å². The van der Waals surface area contributed by atoms with E-state index in [1.165, 1.54) is 17.4 Å². The molecule has 0 fully saturated rings. The van der Waals surface area contributed by atoms with Crippen LogP contribution in [0.4, 0.5) is 0 Å². The topological polar surface area (TPSA) is 46.5 Å². The second-order valence-electron chi connectivity index (χ2n) is 3.40. The molecular weight excluding hydrogens is 340 g/mol. The first kappa shape index (κ1) is 13.4. The van der Waals surface area contributed by atoms with Crippen molar-refractivity contribution in [3.05, 3.63) is 49.6 Å². The van der Waals surface area contributed by atoms with Gasteiger partial charge in [0.25, 0.3) is 0 Å². The molecule has 1 aromatic heterocycles. The molecule has 0 saturated heterocycles. The Balaban J connectivity index is 2.24. The summed E-state index contributed by atoms with van der Waals surface area (Å²) in [6.45, 7) is 0.280. The average molecular weight is 348 g/mol. The lowest BCUT2D eigenvalue weighted by molar-refractivity contribution is 0.0692. The number of rotatable bonds is 4. The molecule has 6 heteroatoms. The quantitative estimate of drug-likeness (QED) is 0.889. The first-order chi connectivity index (χ1) is 8.59. The summed E-state index contributed by atoms with van der Waals surface area (Å²) >= 11 is 10.9. The maximum absolute atomic E-state index is 11.1. The van der Waals surface area contributed by atoms with Crippen molar-refractivity contribution in [2.45, 2.75) is 6.61 Å².